The largest absolute Gasteiger partial charge is 0.343 e. The van der Waals surface area contributed by atoms with Crippen molar-refractivity contribution in [2.45, 2.75) is 38.8 Å². The van der Waals surface area contributed by atoms with Gasteiger partial charge in [-0.15, -0.1) is 0 Å². The van der Waals surface area contributed by atoms with E-state index in [-0.39, 0.29) is 0 Å². The Kier molecular flexibility index (Phi) is 3.93. The molecule has 0 unspecified atom stereocenters. The van der Waals surface area contributed by atoms with Gasteiger partial charge in [-0.1, -0.05) is 24.6 Å². The lowest BCUT2D eigenvalue weighted by Crippen LogP contribution is -2.33. The van der Waals surface area contributed by atoms with Gasteiger partial charge in [0.05, 0.1) is 0 Å². The molecule has 1 fully saturated rings. The Morgan fingerprint density at radius 3 is 2.64 bits per heavy atom. The minimum Gasteiger partial charge on any atom is -0.343 e. The molecule has 1 aromatic heterocycles. The van der Waals surface area contributed by atoms with Crippen LogP contribution in [0.4, 0.5) is 0 Å². The van der Waals surface area contributed by atoms with E-state index in [4.69, 9.17) is 0 Å². The van der Waals surface area contributed by atoms with Crippen molar-refractivity contribution < 1.29 is 0 Å². The molecule has 0 bridgehead atoms. The van der Waals surface area contributed by atoms with Crippen molar-refractivity contribution in [1.82, 2.24) is 14.4 Å². The van der Waals surface area contributed by atoms with Crippen LogP contribution >= 0.6 is 0 Å². The zero-order valence-electron chi connectivity index (χ0n) is 13.7. The molecule has 3 nitrogen and oxygen atoms in total. The SMILES string of the molecule is CN1CCc2c(c3ccccc3n2CCN2CCCCC2)C1. The van der Waals surface area contributed by atoms with Crippen LogP contribution in [0, 0.1) is 0 Å². The number of nitrogens with zero attached hydrogens (tertiary/aromatic N) is 3. The van der Waals surface area contributed by atoms with E-state index in [1.165, 1.54) is 62.8 Å². The molecule has 1 aromatic carbocycles. The third-order valence-corrected chi connectivity index (χ3v) is 5.44. The quantitative estimate of drug-likeness (QED) is 0.862. The maximum Gasteiger partial charge on any atom is 0.0486 e. The zero-order chi connectivity index (χ0) is 14.9. The van der Waals surface area contributed by atoms with Crippen LogP contribution in [-0.2, 0) is 19.5 Å². The van der Waals surface area contributed by atoms with Crippen LogP contribution in [-0.4, -0.2) is 47.6 Å². The standard InChI is InChI=1S/C19H27N3/c1-20-12-9-19-17(15-20)16-7-3-4-8-18(16)22(19)14-13-21-10-5-2-6-11-21/h3-4,7-8H,2,5-6,9-15H2,1H3. The van der Waals surface area contributed by atoms with Crippen LogP contribution < -0.4 is 0 Å². The van der Waals surface area contributed by atoms with Crippen LogP contribution in [0.5, 0.6) is 0 Å². The summed E-state index contributed by atoms with van der Waals surface area (Å²) in [4.78, 5) is 5.10. The van der Waals surface area contributed by atoms with E-state index in [9.17, 15) is 0 Å². The second kappa shape index (κ2) is 6.05. The second-order valence-electron chi connectivity index (χ2n) is 6.98. The van der Waals surface area contributed by atoms with E-state index in [2.05, 4.69) is 45.7 Å². The fourth-order valence-electron chi connectivity index (χ4n) is 4.22. The topological polar surface area (TPSA) is 11.4 Å². The molecule has 0 atom stereocenters. The Labute approximate surface area is 133 Å². The molecule has 22 heavy (non-hydrogen) atoms. The molecule has 0 radical (unpaired) electrons. The summed E-state index contributed by atoms with van der Waals surface area (Å²) in [7, 11) is 2.24. The van der Waals surface area contributed by atoms with Gasteiger partial charge in [0.15, 0.2) is 0 Å². The number of likely N-dealkylation sites (tertiary alicyclic amines) is 1. The first-order chi connectivity index (χ1) is 10.8. The molecule has 3 heteroatoms. The highest BCUT2D eigenvalue weighted by atomic mass is 15.2. The molecule has 0 N–H and O–H groups in total. The average molecular weight is 297 g/mol. The first kappa shape index (κ1) is 14.3. The minimum absolute atomic E-state index is 1.10. The molecule has 0 saturated carbocycles. The van der Waals surface area contributed by atoms with E-state index < -0.39 is 0 Å². The van der Waals surface area contributed by atoms with E-state index in [0.717, 1.165) is 13.1 Å². The van der Waals surface area contributed by atoms with Crippen LogP contribution in [0.15, 0.2) is 24.3 Å². The van der Waals surface area contributed by atoms with Gasteiger partial charge in [0, 0.05) is 49.2 Å². The molecule has 0 spiro atoms. The van der Waals surface area contributed by atoms with Crippen LogP contribution in [0.2, 0.25) is 0 Å². The summed E-state index contributed by atoms with van der Waals surface area (Å²) < 4.78 is 2.62. The Hall–Kier alpha value is -1.32. The number of benzene rings is 1. The average Bonchev–Trinajstić information content (AvgIpc) is 2.87. The molecule has 2 aliphatic rings. The lowest BCUT2D eigenvalue weighted by atomic mass is 10.1. The molecule has 0 aliphatic carbocycles. The fraction of sp³-hybridized carbons (Fsp3) is 0.579. The normalized spacial score (nSPS) is 20.4. The Balaban J connectivity index is 1.64. The number of hydrogen-bond acceptors (Lipinski definition) is 2. The first-order valence-electron chi connectivity index (χ1n) is 8.83. The molecule has 2 aromatic rings. The van der Waals surface area contributed by atoms with E-state index in [1.807, 2.05) is 0 Å². The predicted molar refractivity (Wildman–Crippen MR) is 92.3 cm³/mol. The number of hydrogen-bond donors (Lipinski definition) is 0. The summed E-state index contributed by atoms with van der Waals surface area (Å²) >= 11 is 0. The van der Waals surface area contributed by atoms with Gasteiger partial charge in [-0.05, 0) is 44.6 Å². The van der Waals surface area contributed by atoms with Crippen LogP contribution in [0.25, 0.3) is 10.9 Å². The highest BCUT2D eigenvalue weighted by molar-refractivity contribution is 5.85. The van der Waals surface area contributed by atoms with Crippen molar-refractivity contribution >= 4 is 10.9 Å². The van der Waals surface area contributed by atoms with Crippen LogP contribution in [0.1, 0.15) is 30.5 Å². The van der Waals surface area contributed by atoms with Crippen molar-refractivity contribution in [3.05, 3.63) is 35.5 Å². The summed E-state index contributed by atoms with van der Waals surface area (Å²) in [5, 5.41) is 1.47. The summed E-state index contributed by atoms with van der Waals surface area (Å²) in [5.74, 6) is 0. The minimum atomic E-state index is 1.10. The molecular formula is C19H27N3. The molecule has 0 amide bonds. The van der Waals surface area contributed by atoms with Gasteiger partial charge in [0.2, 0.25) is 0 Å². The van der Waals surface area contributed by atoms with Gasteiger partial charge in [0.1, 0.15) is 0 Å². The van der Waals surface area contributed by atoms with Gasteiger partial charge in [-0.25, -0.2) is 0 Å². The first-order valence-corrected chi connectivity index (χ1v) is 8.83. The van der Waals surface area contributed by atoms with Gasteiger partial charge in [0.25, 0.3) is 0 Å². The zero-order valence-corrected chi connectivity index (χ0v) is 13.7. The lowest BCUT2D eigenvalue weighted by molar-refractivity contribution is 0.220. The van der Waals surface area contributed by atoms with Crippen molar-refractivity contribution in [3.63, 3.8) is 0 Å². The number of fused-ring (bicyclic) bond motifs is 3. The number of aromatic nitrogens is 1. The maximum atomic E-state index is 2.65. The second-order valence-corrected chi connectivity index (χ2v) is 6.98. The van der Waals surface area contributed by atoms with E-state index in [0.29, 0.717) is 0 Å². The number of likely N-dealkylation sites (N-methyl/N-ethyl adjacent to an activating group) is 1. The Morgan fingerprint density at radius 1 is 0.955 bits per heavy atom. The molecule has 118 valence electrons. The number of piperidine rings is 1. The van der Waals surface area contributed by atoms with E-state index >= 15 is 0 Å². The number of para-hydroxylation sites is 1. The van der Waals surface area contributed by atoms with Crippen molar-refractivity contribution in [2.24, 2.45) is 0 Å². The smallest absolute Gasteiger partial charge is 0.0486 e. The highest BCUT2D eigenvalue weighted by Crippen LogP contribution is 2.30. The molecule has 4 rings (SSSR count). The van der Waals surface area contributed by atoms with Crippen LogP contribution in [0.3, 0.4) is 0 Å². The van der Waals surface area contributed by atoms with Gasteiger partial charge >= 0.3 is 0 Å². The Morgan fingerprint density at radius 2 is 1.77 bits per heavy atom. The molecule has 3 heterocycles. The monoisotopic (exact) mass is 297 g/mol. The molecule has 2 aliphatic heterocycles. The highest BCUT2D eigenvalue weighted by Gasteiger charge is 2.22. The van der Waals surface area contributed by atoms with Crippen molar-refractivity contribution in [1.29, 1.82) is 0 Å². The summed E-state index contributed by atoms with van der Waals surface area (Å²) in [6.07, 6.45) is 5.38. The Bertz CT molecular complexity index is 652. The van der Waals surface area contributed by atoms with E-state index in [1.54, 1.807) is 11.3 Å². The molecule has 1 saturated heterocycles. The van der Waals surface area contributed by atoms with Gasteiger partial charge in [-0.3, -0.25) is 0 Å². The summed E-state index contributed by atoms with van der Waals surface area (Å²) in [6, 6.07) is 9.00. The van der Waals surface area contributed by atoms with Gasteiger partial charge < -0.3 is 14.4 Å². The molecular weight excluding hydrogens is 270 g/mol. The van der Waals surface area contributed by atoms with Crippen molar-refractivity contribution in [2.75, 3.05) is 33.2 Å². The lowest BCUT2D eigenvalue weighted by Gasteiger charge is -2.28. The number of rotatable bonds is 3. The third-order valence-electron chi connectivity index (χ3n) is 5.44. The third kappa shape index (κ3) is 2.57. The van der Waals surface area contributed by atoms with Crippen molar-refractivity contribution in [3.8, 4) is 0 Å². The summed E-state index contributed by atoms with van der Waals surface area (Å²) in [5.41, 5.74) is 4.61. The summed E-state index contributed by atoms with van der Waals surface area (Å²) in [6.45, 7) is 7.24. The fourth-order valence-corrected chi connectivity index (χ4v) is 4.22. The van der Waals surface area contributed by atoms with Gasteiger partial charge in [-0.2, -0.15) is 0 Å². The maximum absolute atomic E-state index is 2.65. The predicted octanol–water partition coefficient (Wildman–Crippen LogP) is 3.12.